The fraction of sp³-hybridized carbons (Fsp3) is 0.231. The zero-order valence-corrected chi connectivity index (χ0v) is 21.0. The molecule has 0 spiro atoms. The molecule has 10 nitrogen and oxygen atoms in total. The molecule has 0 atom stereocenters. The number of oxazole rings is 1. The summed E-state index contributed by atoms with van der Waals surface area (Å²) in [7, 11) is -3.53. The molecular formula is C26H25N7O3S. The molecule has 5 rings (SSSR count). The molecule has 0 unspecified atom stereocenters. The minimum absolute atomic E-state index is 0.111. The molecule has 0 bridgehead atoms. The van der Waals surface area contributed by atoms with Crippen LogP contribution in [0.15, 0.2) is 75.2 Å². The summed E-state index contributed by atoms with van der Waals surface area (Å²) in [6.07, 6.45) is 6.22. The van der Waals surface area contributed by atoms with Gasteiger partial charge in [0.2, 0.25) is 15.7 Å². The maximum Gasteiger partial charge on any atom is 0.252 e. The Hall–Kier alpha value is -4.27. The number of hydrazone groups is 1. The molecule has 0 radical (unpaired) electrons. The van der Waals surface area contributed by atoms with Gasteiger partial charge in [-0.2, -0.15) is 19.8 Å². The van der Waals surface area contributed by atoms with Crippen LogP contribution < -0.4 is 5.43 Å². The molecule has 1 fully saturated rings. The van der Waals surface area contributed by atoms with Gasteiger partial charge in [0.25, 0.3) is 5.88 Å². The van der Waals surface area contributed by atoms with Crippen LogP contribution in [0.5, 0.6) is 0 Å². The molecule has 1 aliphatic rings. The summed E-state index contributed by atoms with van der Waals surface area (Å²) in [5.74, 6) is 0.506. The first-order chi connectivity index (χ1) is 18.0. The van der Waals surface area contributed by atoms with Crippen molar-refractivity contribution in [3.05, 3.63) is 77.9 Å². The van der Waals surface area contributed by atoms with E-state index in [4.69, 9.17) is 9.52 Å². The highest BCUT2D eigenvalue weighted by atomic mass is 32.2. The molecular weight excluding hydrogens is 490 g/mol. The van der Waals surface area contributed by atoms with Gasteiger partial charge in [0.05, 0.1) is 16.8 Å². The molecule has 4 aromatic rings. The van der Waals surface area contributed by atoms with E-state index in [1.54, 1.807) is 46.4 Å². The van der Waals surface area contributed by atoms with Crippen LogP contribution in [0.2, 0.25) is 0 Å². The second-order valence-electron chi connectivity index (χ2n) is 8.59. The van der Waals surface area contributed by atoms with E-state index in [-0.39, 0.29) is 16.5 Å². The van der Waals surface area contributed by atoms with E-state index >= 15 is 0 Å². The minimum atomic E-state index is -3.53. The van der Waals surface area contributed by atoms with Crippen LogP contribution in [-0.4, -0.2) is 46.8 Å². The van der Waals surface area contributed by atoms with Gasteiger partial charge < -0.3 is 4.42 Å². The average Bonchev–Trinajstić information content (AvgIpc) is 3.53. The van der Waals surface area contributed by atoms with Crippen molar-refractivity contribution < 1.29 is 12.8 Å². The summed E-state index contributed by atoms with van der Waals surface area (Å²) in [5, 5.41) is 18.2. The van der Waals surface area contributed by atoms with E-state index < -0.39 is 10.0 Å². The standard InChI is InChI=1S/C26H25N7O3S/c1-19-29-24(16-27)26(36-19)30-28-17-21-18-33(22-8-4-2-5-9-22)31-25(21)20-10-12-23(13-11-20)37(34,35)32-14-6-3-7-15-32/h2,4-5,8-13,17-18,30H,3,6-7,14-15H2,1H3. The van der Waals surface area contributed by atoms with Crippen LogP contribution in [0, 0.1) is 18.3 Å². The summed E-state index contributed by atoms with van der Waals surface area (Å²) in [5.41, 5.74) is 5.73. The minimum Gasteiger partial charge on any atom is -0.422 e. The zero-order valence-electron chi connectivity index (χ0n) is 20.2. The lowest BCUT2D eigenvalue weighted by atomic mass is 10.1. The van der Waals surface area contributed by atoms with Crippen LogP contribution in [-0.2, 0) is 10.0 Å². The fourth-order valence-electron chi connectivity index (χ4n) is 4.20. The topological polar surface area (TPSA) is 129 Å². The largest absolute Gasteiger partial charge is 0.422 e. The van der Waals surface area contributed by atoms with Gasteiger partial charge in [0.15, 0.2) is 5.89 Å². The lowest BCUT2D eigenvalue weighted by molar-refractivity contribution is 0.346. The van der Waals surface area contributed by atoms with Crippen molar-refractivity contribution in [2.75, 3.05) is 18.5 Å². The van der Waals surface area contributed by atoms with Crippen molar-refractivity contribution in [3.8, 4) is 23.0 Å². The Morgan fingerprint density at radius 3 is 2.51 bits per heavy atom. The summed E-state index contributed by atoms with van der Waals surface area (Å²) >= 11 is 0. The highest BCUT2D eigenvalue weighted by Crippen LogP contribution is 2.27. The summed E-state index contributed by atoms with van der Waals surface area (Å²) in [4.78, 5) is 4.26. The molecule has 1 saturated heterocycles. The van der Waals surface area contributed by atoms with Gasteiger partial charge >= 0.3 is 0 Å². The van der Waals surface area contributed by atoms with E-state index in [2.05, 4.69) is 15.5 Å². The number of nitrogens with zero attached hydrogens (tertiary/aromatic N) is 6. The number of para-hydroxylation sites is 1. The number of aryl methyl sites for hydroxylation is 1. The highest BCUT2D eigenvalue weighted by Gasteiger charge is 2.26. The maximum atomic E-state index is 13.1. The van der Waals surface area contributed by atoms with Crippen LogP contribution in [0.1, 0.15) is 36.4 Å². The number of hydrogen-bond acceptors (Lipinski definition) is 8. The predicted octanol–water partition coefficient (Wildman–Crippen LogP) is 4.33. The van der Waals surface area contributed by atoms with E-state index in [9.17, 15) is 13.7 Å². The summed E-state index contributed by atoms with van der Waals surface area (Å²) in [6.45, 7) is 2.75. The quantitative estimate of drug-likeness (QED) is 0.286. The van der Waals surface area contributed by atoms with Crippen molar-refractivity contribution in [3.63, 3.8) is 0 Å². The van der Waals surface area contributed by atoms with Crippen molar-refractivity contribution in [1.82, 2.24) is 19.1 Å². The number of nitrogens with one attached hydrogen (secondary N) is 1. The van der Waals surface area contributed by atoms with Gasteiger partial charge in [0.1, 0.15) is 11.8 Å². The van der Waals surface area contributed by atoms with Gasteiger partial charge in [-0.3, -0.25) is 0 Å². The first-order valence-corrected chi connectivity index (χ1v) is 13.3. The lowest BCUT2D eigenvalue weighted by Gasteiger charge is -2.25. The second kappa shape index (κ2) is 10.4. The Kier molecular flexibility index (Phi) is 6.85. The summed E-state index contributed by atoms with van der Waals surface area (Å²) in [6, 6.07) is 18.3. The molecule has 188 valence electrons. The van der Waals surface area contributed by atoms with Gasteiger partial charge in [-0.15, -0.1) is 0 Å². The molecule has 11 heteroatoms. The van der Waals surface area contributed by atoms with Crippen molar-refractivity contribution in [1.29, 1.82) is 5.26 Å². The number of piperidine rings is 1. The van der Waals surface area contributed by atoms with Gasteiger partial charge in [-0.25, -0.2) is 23.5 Å². The maximum absolute atomic E-state index is 13.1. The normalized spacial score (nSPS) is 14.6. The molecule has 3 heterocycles. The van der Waals surface area contributed by atoms with Crippen LogP contribution in [0.25, 0.3) is 16.9 Å². The van der Waals surface area contributed by atoms with E-state index in [0.717, 1.165) is 30.5 Å². The molecule has 2 aromatic heterocycles. The number of rotatable bonds is 7. The zero-order chi connectivity index (χ0) is 25.8. The number of anilines is 1. The fourth-order valence-corrected chi connectivity index (χ4v) is 5.71. The van der Waals surface area contributed by atoms with Crippen LogP contribution in [0.4, 0.5) is 5.88 Å². The molecule has 0 aliphatic carbocycles. The third-order valence-corrected chi connectivity index (χ3v) is 7.97. The number of benzene rings is 2. The summed E-state index contributed by atoms with van der Waals surface area (Å²) < 4.78 is 34.8. The lowest BCUT2D eigenvalue weighted by Crippen LogP contribution is -2.35. The molecule has 37 heavy (non-hydrogen) atoms. The number of hydrogen-bond donors (Lipinski definition) is 1. The first kappa shape index (κ1) is 24.4. The van der Waals surface area contributed by atoms with Crippen molar-refractivity contribution >= 4 is 22.1 Å². The Bertz CT molecular complexity index is 1560. The monoisotopic (exact) mass is 515 g/mol. The third kappa shape index (κ3) is 5.16. The Balaban J connectivity index is 1.47. The Labute approximate surface area is 214 Å². The Morgan fingerprint density at radius 2 is 1.81 bits per heavy atom. The van der Waals surface area contributed by atoms with Gasteiger partial charge in [-0.05, 0) is 37.1 Å². The molecule has 1 aliphatic heterocycles. The first-order valence-electron chi connectivity index (χ1n) is 11.9. The van der Waals surface area contributed by atoms with Gasteiger partial charge in [-0.1, -0.05) is 36.8 Å². The smallest absolute Gasteiger partial charge is 0.252 e. The number of aromatic nitrogens is 3. The molecule has 0 amide bonds. The highest BCUT2D eigenvalue weighted by molar-refractivity contribution is 7.89. The van der Waals surface area contributed by atoms with E-state index in [1.807, 2.05) is 42.6 Å². The van der Waals surface area contributed by atoms with E-state index in [0.29, 0.717) is 30.2 Å². The average molecular weight is 516 g/mol. The van der Waals surface area contributed by atoms with Crippen LogP contribution in [0.3, 0.4) is 0 Å². The predicted molar refractivity (Wildman–Crippen MR) is 139 cm³/mol. The molecule has 2 aromatic carbocycles. The Morgan fingerprint density at radius 1 is 1.08 bits per heavy atom. The third-order valence-electron chi connectivity index (χ3n) is 6.05. The van der Waals surface area contributed by atoms with Gasteiger partial charge in [0, 0.05) is 37.3 Å². The number of nitriles is 1. The van der Waals surface area contributed by atoms with E-state index in [1.165, 1.54) is 0 Å². The second-order valence-corrected chi connectivity index (χ2v) is 10.5. The van der Waals surface area contributed by atoms with Crippen molar-refractivity contribution in [2.24, 2.45) is 5.10 Å². The SMILES string of the molecule is Cc1nc(C#N)c(NN=Cc2cn(-c3ccccc3)nc2-c2ccc(S(=O)(=O)N3CCCCC3)cc2)o1. The molecule has 1 N–H and O–H groups in total. The number of sulfonamides is 1. The van der Waals surface area contributed by atoms with Crippen molar-refractivity contribution in [2.45, 2.75) is 31.1 Å². The van der Waals surface area contributed by atoms with Crippen LogP contribution >= 0.6 is 0 Å². The molecule has 0 saturated carbocycles.